The molecule has 0 bridgehead atoms. The molecule has 2 saturated heterocycles. The van der Waals surface area contributed by atoms with E-state index in [1.165, 1.54) is 29.2 Å². The standard InChI is InChI=1S/C24H30FN5O5S/c1-16(31)26-12-19-14-29(24(32)35-19)18-3-5-22(21(25)11-18)28-9-7-17(8-10-28)13-27(2)15-20-4-6-23(36-20)30(33)34/h3-6,11,17,19H,7-10,12-15H2,1-2H3,(H,26,31)/t19-/m0/s1. The van der Waals surface area contributed by atoms with Gasteiger partial charge in [-0.2, -0.15) is 0 Å². The topological polar surface area (TPSA) is 108 Å². The fourth-order valence-electron chi connectivity index (χ4n) is 4.69. The van der Waals surface area contributed by atoms with Crippen molar-refractivity contribution in [2.45, 2.75) is 32.4 Å². The summed E-state index contributed by atoms with van der Waals surface area (Å²) in [5.41, 5.74) is 0.940. The first kappa shape index (κ1) is 25.8. The first-order valence-corrected chi connectivity index (χ1v) is 12.7. The van der Waals surface area contributed by atoms with Crippen molar-refractivity contribution >= 4 is 39.7 Å². The number of hydrogen-bond donors (Lipinski definition) is 1. The highest BCUT2D eigenvalue weighted by atomic mass is 32.1. The van der Waals surface area contributed by atoms with Gasteiger partial charge in [0.05, 0.1) is 29.4 Å². The van der Waals surface area contributed by atoms with Crippen molar-refractivity contribution in [1.82, 2.24) is 10.2 Å². The molecule has 194 valence electrons. The minimum atomic E-state index is -0.556. The molecule has 0 radical (unpaired) electrons. The third-order valence-corrected chi connectivity index (χ3v) is 7.50. The Morgan fingerprint density at radius 3 is 2.69 bits per heavy atom. The van der Waals surface area contributed by atoms with Gasteiger partial charge in [0, 0.05) is 44.0 Å². The number of amides is 2. The second kappa shape index (κ2) is 11.2. The Labute approximate surface area is 212 Å². The average molecular weight is 520 g/mol. The van der Waals surface area contributed by atoms with Crippen LogP contribution in [0, 0.1) is 21.8 Å². The van der Waals surface area contributed by atoms with Crippen LogP contribution in [-0.4, -0.2) is 67.7 Å². The second-order valence-corrected chi connectivity index (χ2v) is 10.5. The van der Waals surface area contributed by atoms with Crippen molar-refractivity contribution in [3.05, 3.63) is 51.1 Å². The summed E-state index contributed by atoms with van der Waals surface area (Å²) in [5.74, 6) is -0.131. The number of thiophene rings is 1. The Morgan fingerprint density at radius 2 is 2.06 bits per heavy atom. The number of rotatable bonds is 9. The fraction of sp³-hybridized carbons (Fsp3) is 0.500. The number of carbonyl (C=O) groups excluding carboxylic acids is 2. The lowest BCUT2D eigenvalue weighted by Crippen LogP contribution is -2.38. The number of benzene rings is 1. The minimum Gasteiger partial charge on any atom is -0.442 e. The highest BCUT2D eigenvalue weighted by molar-refractivity contribution is 7.15. The summed E-state index contributed by atoms with van der Waals surface area (Å²) in [5, 5.41) is 13.7. The molecule has 2 aromatic rings. The third-order valence-electron chi connectivity index (χ3n) is 6.47. The van der Waals surface area contributed by atoms with Crippen molar-refractivity contribution in [1.29, 1.82) is 0 Å². The number of carbonyl (C=O) groups is 2. The van der Waals surface area contributed by atoms with Crippen LogP contribution in [0.3, 0.4) is 0 Å². The number of nitrogens with one attached hydrogen (secondary N) is 1. The summed E-state index contributed by atoms with van der Waals surface area (Å²) in [6.45, 7) is 4.85. The molecule has 2 aliphatic heterocycles. The van der Waals surface area contributed by atoms with E-state index in [4.69, 9.17) is 4.74 Å². The molecule has 1 aromatic heterocycles. The summed E-state index contributed by atoms with van der Waals surface area (Å²) < 4.78 is 20.3. The van der Waals surface area contributed by atoms with E-state index in [2.05, 4.69) is 10.2 Å². The Balaban J connectivity index is 1.28. The second-order valence-electron chi connectivity index (χ2n) is 9.31. The van der Waals surface area contributed by atoms with E-state index in [1.807, 2.05) is 11.9 Å². The zero-order chi connectivity index (χ0) is 25.8. The number of nitro groups is 1. The van der Waals surface area contributed by atoms with Gasteiger partial charge in [-0.1, -0.05) is 11.3 Å². The maximum absolute atomic E-state index is 15.0. The monoisotopic (exact) mass is 519 g/mol. The van der Waals surface area contributed by atoms with Crippen molar-refractivity contribution in [2.75, 3.05) is 49.6 Å². The number of piperidine rings is 1. The lowest BCUT2D eigenvalue weighted by atomic mass is 9.95. The predicted octanol–water partition coefficient (Wildman–Crippen LogP) is 3.61. The molecule has 12 heteroatoms. The van der Waals surface area contributed by atoms with Crippen LogP contribution in [0.25, 0.3) is 0 Å². The molecule has 0 unspecified atom stereocenters. The van der Waals surface area contributed by atoms with E-state index in [9.17, 15) is 19.7 Å². The smallest absolute Gasteiger partial charge is 0.414 e. The van der Waals surface area contributed by atoms with Crippen LogP contribution in [0.15, 0.2) is 30.3 Å². The lowest BCUT2D eigenvalue weighted by Gasteiger charge is -2.35. The summed E-state index contributed by atoms with van der Waals surface area (Å²) in [6, 6.07) is 8.13. The molecule has 36 heavy (non-hydrogen) atoms. The molecule has 2 aliphatic rings. The molecule has 4 rings (SSSR count). The van der Waals surface area contributed by atoms with Crippen molar-refractivity contribution in [3.63, 3.8) is 0 Å². The quantitative estimate of drug-likeness (QED) is 0.398. The maximum Gasteiger partial charge on any atom is 0.414 e. The molecule has 1 N–H and O–H groups in total. The van der Waals surface area contributed by atoms with Crippen molar-refractivity contribution < 1.29 is 23.6 Å². The van der Waals surface area contributed by atoms with Gasteiger partial charge in [0.1, 0.15) is 11.9 Å². The Morgan fingerprint density at radius 1 is 1.31 bits per heavy atom. The summed E-state index contributed by atoms with van der Waals surface area (Å²) in [7, 11) is 2.01. The van der Waals surface area contributed by atoms with Gasteiger partial charge in [-0.3, -0.25) is 19.8 Å². The van der Waals surface area contributed by atoms with Gasteiger partial charge in [-0.25, -0.2) is 9.18 Å². The number of ether oxygens (including phenoxy) is 1. The molecule has 2 amide bonds. The van der Waals surface area contributed by atoms with Gasteiger partial charge in [0.25, 0.3) is 0 Å². The Bertz CT molecular complexity index is 1120. The maximum atomic E-state index is 15.0. The number of halogens is 1. The molecular formula is C24H30FN5O5S. The summed E-state index contributed by atoms with van der Waals surface area (Å²) in [6.07, 6.45) is 0.800. The molecule has 0 spiro atoms. The number of anilines is 2. The van der Waals surface area contributed by atoms with Crippen molar-refractivity contribution in [3.8, 4) is 0 Å². The molecule has 1 aromatic carbocycles. The molecule has 0 saturated carbocycles. The van der Waals surface area contributed by atoms with Gasteiger partial charge in [-0.15, -0.1) is 0 Å². The lowest BCUT2D eigenvalue weighted by molar-refractivity contribution is -0.380. The van der Waals surface area contributed by atoms with Gasteiger partial charge in [-0.05, 0) is 50.1 Å². The normalized spacial score (nSPS) is 18.6. The van der Waals surface area contributed by atoms with Crippen LogP contribution < -0.4 is 15.1 Å². The average Bonchev–Trinajstić information content (AvgIpc) is 3.45. The summed E-state index contributed by atoms with van der Waals surface area (Å²) >= 11 is 1.20. The van der Waals surface area contributed by atoms with Crippen LogP contribution in [0.1, 0.15) is 24.6 Å². The van der Waals surface area contributed by atoms with Crippen LogP contribution in [-0.2, 0) is 16.1 Å². The van der Waals surface area contributed by atoms with E-state index in [-0.39, 0.29) is 34.7 Å². The molecule has 0 aliphatic carbocycles. The first-order valence-electron chi connectivity index (χ1n) is 11.9. The molecular weight excluding hydrogens is 489 g/mol. The SMILES string of the molecule is CC(=O)NC[C@H]1CN(c2ccc(N3CCC(CN(C)Cc4ccc([N+](=O)[O-])s4)CC3)c(F)c2)C(=O)O1. The molecule has 2 fully saturated rings. The fourth-order valence-corrected chi connectivity index (χ4v) is 5.59. The number of nitrogens with zero attached hydrogens (tertiary/aromatic N) is 4. The molecule has 10 nitrogen and oxygen atoms in total. The highest BCUT2D eigenvalue weighted by Crippen LogP contribution is 2.31. The van der Waals surface area contributed by atoms with E-state index in [1.54, 1.807) is 24.3 Å². The van der Waals surface area contributed by atoms with Crippen LogP contribution in [0.5, 0.6) is 0 Å². The molecule has 1 atom stereocenters. The minimum absolute atomic E-state index is 0.159. The van der Waals surface area contributed by atoms with Gasteiger partial charge < -0.3 is 19.9 Å². The Hall–Kier alpha value is -3.25. The van der Waals surface area contributed by atoms with E-state index < -0.39 is 12.2 Å². The van der Waals surface area contributed by atoms with E-state index in [0.717, 1.165) is 37.4 Å². The Kier molecular flexibility index (Phi) is 8.04. The van der Waals surface area contributed by atoms with Crippen molar-refractivity contribution in [2.24, 2.45) is 5.92 Å². The van der Waals surface area contributed by atoms with E-state index >= 15 is 4.39 Å². The molecule has 3 heterocycles. The van der Waals surface area contributed by atoms with Crippen LogP contribution >= 0.6 is 11.3 Å². The number of hydrogen-bond acceptors (Lipinski definition) is 8. The zero-order valence-corrected chi connectivity index (χ0v) is 21.1. The predicted molar refractivity (Wildman–Crippen MR) is 135 cm³/mol. The van der Waals surface area contributed by atoms with Gasteiger partial charge in [0.2, 0.25) is 5.91 Å². The van der Waals surface area contributed by atoms with Gasteiger partial charge >= 0.3 is 11.1 Å². The third kappa shape index (κ3) is 6.30. The van der Waals surface area contributed by atoms with E-state index in [0.29, 0.717) is 23.8 Å². The van der Waals surface area contributed by atoms with Crippen LogP contribution in [0.2, 0.25) is 0 Å². The van der Waals surface area contributed by atoms with Crippen LogP contribution in [0.4, 0.5) is 25.6 Å². The van der Waals surface area contributed by atoms with Gasteiger partial charge in [0.15, 0.2) is 0 Å². The first-order chi connectivity index (χ1) is 17.2. The highest BCUT2D eigenvalue weighted by Gasteiger charge is 2.33. The zero-order valence-electron chi connectivity index (χ0n) is 20.3. The summed E-state index contributed by atoms with van der Waals surface area (Å²) in [4.78, 5) is 40.4. The number of cyclic esters (lactones) is 1. The largest absolute Gasteiger partial charge is 0.442 e.